The van der Waals surface area contributed by atoms with Crippen molar-refractivity contribution in [2.24, 2.45) is 5.73 Å². The third kappa shape index (κ3) is 3.92. The highest BCUT2D eigenvalue weighted by Crippen LogP contribution is 2.16. The van der Waals surface area contributed by atoms with Gasteiger partial charge in [-0.15, -0.1) is 0 Å². The Hall–Kier alpha value is -2.14. The molecule has 2 rings (SSSR count). The van der Waals surface area contributed by atoms with E-state index < -0.39 is 5.54 Å². The van der Waals surface area contributed by atoms with Crippen molar-refractivity contribution < 1.29 is 4.79 Å². The average molecular weight is 286 g/mol. The summed E-state index contributed by atoms with van der Waals surface area (Å²) in [4.78, 5) is 12.0. The fraction of sp³-hybridized carbons (Fsp3) is 0.375. The number of aromatic nitrogens is 2. The molecular formula is C16H22N4O. The van der Waals surface area contributed by atoms with Crippen molar-refractivity contribution in [1.29, 1.82) is 0 Å². The molecule has 0 saturated heterocycles. The largest absolute Gasteiger partial charge is 0.350 e. The first-order chi connectivity index (χ1) is 10.0. The number of amides is 1. The van der Waals surface area contributed by atoms with Gasteiger partial charge in [-0.3, -0.25) is 9.89 Å². The van der Waals surface area contributed by atoms with Gasteiger partial charge in [-0.2, -0.15) is 5.10 Å². The molecule has 0 aliphatic heterocycles. The average Bonchev–Trinajstić information content (AvgIpc) is 2.99. The van der Waals surface area contributed by atoms with Crippen LogP contribution >= 0.6 is 0 Å². The summed E-state index contributed by atoms with van der Waals surface area (Å²) in [6, 6.07) is 9.90. The van der Waals surface area contributed by atoms with Gasteiger partial charge in [0.25, 0.3) is 0 Å². The molecule has 5 heteroatoms. The number of nitrogens with zero attached hydrogens (tertiary/aromatic N) is 1. The molecule has 21 heavy (non-hydrogen) atoms. The van der Waals surface area contributed by atoms with Crippen molar-refractivity contribution in [3.63, 3.8) is 0 Å². The second-order valence-corrected chi connectivity index (χ2v) is 5.52. The number of hydrogen-bond donors (Lipinski definition) is 3. The Morgan fingerprint density at radius 1 is 1.33 bits per heavy atom. The molecule has 0 radical (unpaired) electrons. The van der Waals surface area contributed by atoms with E-state index in [0.717, 1.165) is 23.2 Å². The summed E-state index contributed by atoms with van der Waals surface area (Å²) in [7, 11) is 0. The van der Waals surface area contributed by atoms with Gasteiger partial charge in [0.05, 0.1) is 11.2 Å². The fourth-order valence-corrected chi connectivity index (χ4v) is 2.24. The highest BCUT2D eigenvalue weighted by Gasteiger charge is 2.26. The Morgan fingerprint density at radius 2 is 2.05 bits per heavy atom. The van der Waals surface area contributed by atoms with Crippen LogP contribution in [0.2, 0.25) is 0 Å². The number of carbonyl (C=O) groups is 1. The second-order valence-electron chi connectivity index (χ2n) is 5.52. The van der Waals surface area contributed by atoms with Crippen molar-refractivity contribution in [2.45, 2.75) is 38.8 Å². The van der Waals surface area contributed by atoms with E-state index in [1.54, 1.807) is 13.1 Å². The van der Waals surface area contributed by atoms with Crippen LogP contribution in [0, 0.1) is 0 Å². The number of nitrogens with one attached hydrogen (secondary N) is 2. The summed E-state index contributed by atoms with van der Waals surface area (Å²) in [5, 5.41) is 9.74. The van der Waals surface area contributed by atoms with Gasteiger partial charge in [0.2, 0.25) is 5.91 Å². The molecule has 1 unspecified atom stereocenters. The smallest absolute Gasteiger partial charge is 0.240 e. The van der Waals surface area contributed by atoms with E-state index in [2.05, 4.69) is 15.5 Å². The number of hydrogen-bond acceptors (Lipinski definition) is 3. The SMILES string of the molecule is CCCC(C)(N)C(=O)NCc1ccc(-c2ccn[nH]2)cc1. The van der Waals surface area contributed by atoms with Gasteiger partial charge in [0.15, 0.2) is 0 Å². The van der Waals surface area contributed by atoms with E-state index in [0.29, 0.717) is 13.0 Å². The second kappa shape index (κ2) is 6.54. The van der Waals surface area contributed by atoms with Crippen molar-refractivity contribution in [1.82, 2.24) is 15.5 Å². The summed E-state index contributed by atoms with van der Waals surface area (Å²) >= 11 is 0. The standard InChI is InChI=1S/C16H22N4O/c1-3-9-16(2,17)15(21)18-11-12-4-6-13(7-5-12)14-8-10-19-20-14/h4-8,10H,3,9,11,17H2,1-2H3,(H,18,21)(H,19,20). The minimum atomic E-state index is -0.801. The lowest BCUT2D eigenvalue weighted by atomic mass is 9.96. The van der Waals surface area contributed by atoms with Crippen LogP contribution in [-0.2, 0) is 11.3 Å². The van der Waals surface area contributed by atoms with E-state index in [1.807, 2.05) is 37.3 Å². The predicted molar refractivity (Wildman–Crippen MR) is 83.4 cm³/mol. The molecule has 1 heterocycles. The van der Waals surface area contributed by atoms with Gasteiger partial charge in [0, 0.05) is 12.7 Å². The summed E-state index contributed by atoms with van der Waals surface area (Å²) in [6.07, 6.45) is 3.29. The van der Waals surface area contributed by atoms with Crippen molar-refractivity contribution in [3.8, 4) is 11.3 Å². The van der Waals surface area contributed by atoms with Crippen LogP contribution in [-0.4, -0.2) is 21.6 Å². The molecule has 1 aromatic carbocycles. The van der Waals surface area contributed by atoms with Crippen LogP contribution < -0.4 is 11.1 Å². The van der Waals surface area contributed by atoms with Gasteiger partial charge in [-0.1, -0.05) is 37.6 Å². The Labute approximate surface area is 124 Å². The minimum absolute atomic E-state index is 0.109. The van der Waals surface area contributed by atoms with E-state index in [4.69, 9.17) is 5.73 Å². The molecule has 0 aliphatic rings. The zero-order valence-electron chi connectivity index (χ0n) is 12.5. The van der Waals surface area contributed by atoms with Gasteiger partial charge < -0.3 is 11.1 Å². The Kier molecular flexibility index (Phi) is 4.75. The number of benzene rings is 1. The van der Waals surface area contributed by atoms with Gasteiger partial charge >= 0.3 is 0 Å². The first kappa shape index (κ1) is 15.3. The van der Waals surface area contributed by atoms with E-state index in [1.165, 1.54) is 0 Å². The normalized spacial score (nSPS) is 13.7. The number of nitrogens with two attached hydrogens (primary N) is 1. The number of aromatic amines is 1. The van der Waals surface area contributed by atoms with Crippen LogP contribution in [0.3, 0.4) is 0 Å². The predicted octanol–water partition coefficient (Wildman–Crippen LogP) is 2.21. The molecule has 0 bridgehead atoms. The monoisotopic (exact) mass is 286 g/mol. The minimum Gasteiger partial charge on any atom is -0.350 e. The summed E-state index contributed by atoms with van der Waals surface area (Å²) < 4.78 is 0. The third-order valence-electron chi connectivity index (χ3n) is 3.51. The van der Waals surface area contributed by atoms with Crippen LogP contribution in [0.5, 0.6) is 0 Å². The Bertz CT molecular complexity index is 573. The molecule has 1 atom stereocenters. The number of H-pyrrole nitrogens is 1. The molecule has 0 saturated carbocycles. The first-order valence-electron chi connectivity index (χ1n) is 7.19. The molecule has 4 N–H and O–H groups in total. The highest BCUT2D eigenvalue weighted by molar-refractivity contribution is 5.85. The maximum Gasteiger partial charge on any atom is 0.240 e. The van der Waals surface area contributed by atoms with E-state index in [-0.39, 0.29) is 5.91 Å². The molecule has 5 nitrogen and oxygen atoms in total. The molecule has 112 valence electrons. The van der Waals surface area contributed by atoms with E-state index in [9.17, 15) is 4.79 Å². The maximum atomic E-state index is 12.0. The molecule has 2 aromatic rings. The van der Waals surface area contributed by atoms with Gasteiger partial charge in [0.1, 0.15) is 0 Å². The van der Waals surface area contributed by atoms with Gasteiger partial charge in [-0.05, 0) is 30.5 Å². The first-order valence-corrected chi connectivity index (χ1v) is 7.19. The van der Waals surface area contributed by atoms with Gasteiger partial charge in [-0.25, -0.2) is 0 Å². The quantitative estimate of drug-likeness (QED) is 0.761. The molecule has 0 fully saturated rings. The summed E-state index contributed by atoms with van der Waals surface area (Å²) in [5.74, 6) is -0.109. The Morgan fingerprint density at radius 3 is 2.62 bits per heavy atom. The lowest BCUT2D eigenvalue weighted by Crippen LogP contribution is -2.51. The summed E-state index contributed by atoms with van der Waals surface area (Å²) in [6.45, 7) is 4.28. The highest BCUT2D eigenvalue weighted by atomic mass is 16.2. The molecule has 1 amide bonds. The third-order valence-corrected chi connectivity index (χ3v) is 3.51. The van der Waals surface area contributed by atoms with Crippen molar-refractivity contribution in [2.75, 3.05) is 0 Å². The molecule has 0 spiro atoms. The number of carbonyl (C=O) groups excluding carboxylic acids is 1. The van der Waals surface area contributed by atoms with Crippen molar-refractivity contribution >= 4 is 5.91 Å². The molecule has 1 aromatic heterocycles. The Balaban J connectivity index is 1.94. The fourth-order valence-electron chi connectivity index (χ4n) is 2.24. The maximum absolute atomic E-state index is 12.0. The molecule has 0 aliphatic carbocycles. The topological polar surface area (TPSA) is 83.8 Å². The van der Waals surface area contributed by atoms with Crippen LogP contribution in [0.4, 0.5) is 0 Å². The zero-order valence-corrected chi connectivity index (χ0v) is 12.5. The molecular weight excluding hydrogens is 264 g/mol. The number of rotatable bonds is 6. The van der Waals surface area contributed by atoms with Crippen LogP contribution in [0.1, 0.15) is 32.3 Å². The summed E-state index contributed by atoms with van der Waals surface area (Å²) in [5.41, 5.74) is 8.28. The lowest BCUT2D eigenvalue weighted by molar-refractivity contribution is -0.126. The van der Waals surface area contributed by atoms with Crippen LogP contribution in [0.15, 0.2) is 36.5 Å². The van der Waals surface area contributed by atoms with E-state index >= 15 is 0 Å². The zero-order chi connectivity index (χ0) is 15.3. The van der Waals surface area contributed by atoms with Crippen LogP contribution in [0.25, 0.3) is 11.3 Å². The lowest BCUT2D eigenvalue weighted by Gasteiger charge is -2.22. The van der Waals surface area contributed by atoms with Crippen molar-refractivity contribution in [3.05, 3.63) is 42.1 Å².